The fourth-order valence-corrected chi connectivity index (χ4v) is 4.11. The Kier molecular flexibility index (Phi) is 1.44. The number of thioether (sulfide) groups is 1. The van der Waals surface area contributed by atoms with E-state index in [-0.39, 0.29) is 4.33 Å². The van der Waals surface area contributed by atoms with Crippen molar-refractivity contribution in [3.05, 3.63) is 0 Å². The van der Waals surface area contributed by atoms with Crippen molar-refractivity contribution in [3.8, 4) is 0 Å². The first kappa shape index (κ1) is 6.63. The highest BCUT2D eigenvalue weighted by Crippen LogP contribution is 2.63. The van der Waals surface area contributed by atoms with Gasteiger partial charge in [-0.1, -0.05) is 0 Å². The van der Waals surface area contributed by atoms with Gasteiger partial charge in [0.25, 0.3) is 0 Å². The van der Waals surface area contributed by atoms with Gasteiger partial charge in [-0.15, -0.1) is 23.2 Å². The maximum Gasteiger partial charge on any atom is 0.134 e. The van der Waals surface area contributed by atoms with E-state index in [9.17, 15) is 0 Å². The molecule has 2 rings (SSSR count). The molecule has 0 nitrogen and oxygen atoms in total. The minimum Gasteiger partial charge on any atom is -0.155 e. The van der Waals surface area contributed by atoms with E-state index < -0.39 is 0 Å². The molecule has 52 valence electrons. The Morgan fingerprint density at radius 2 is 2.22 bits per heavy atom. The number of rotatable bonds is 0. The lowest BCUT2D eigenvalue weighted by Crippen LogP contribution is -1.94. The summed E-state index contributed by atoms with van der Waals surface area (Å²) in [5.41, 5.74) is 0. The third-order valence-corrected chi connectivity index (χ3v) is 4.96. The molecule has 1 aliphatic heterocycles. The SMILES string of the molecule is ClC1(Cl)C2CCCSC21. The molecule has 0 spiro atoms. The summed E-state index contributed by atoms with van der Waals surface area (Å²) in [4.78, 5) is 0. The Morgan fingerprint density at radius 1 is 1.44 bits per heavy atom. The summed E-state index contributed by atoms with van der Waals surface area (Å²) >= 11 is 13.9. The minimum atomic E-state index is -0.346. The lowest BCUT2D eigenvalue weighted by Gasteiger charge is -2.03. The van der Waals surface area contributed by atoms with Crippen LogP contribution >= 0.6 is 35.0 Å². The summed E-state index contributed by atoms with van der Waals surface area (Å²) in [5, 5.41) is 0.564. The van der Waals surface area contributed by atoms with Crippen molar-refractivity contribution in [1.29, 1.82) is 0 Å². The van der Waals surface area contributed by atoms with Gasteiger partial charge in [-0.2, -0.15) is 11.8 Å². The highest BCUT2D eigenvalue weighted by atomic mass is 35.5. The molecule has 2 unspecified atom stereocenters. The third-order valence-electron chi connectivity index (χ3n) is 2.09. The Morgan fingerprint density at radius 3 is 2.67 bits per heavy atom. The van der Waals surface area contributed by atoms with Gasteiger partial charge >= 0.3 is 0 Å². The van der Waals surface area contributed by atoms with Crippen molar-refractivity contribution in [2.75, 3.05) is 5.75 Å². The van der Waals surface area contributed by atoms with Gasteiger partial charge in [0.05, 0.1) is 0 Å². The van der Waals surface area contributed by atoms with Gasteiger partial charge in [-0.05, 0) is 18.6 Å². The molecule has 2 atom stereocenters. The Hall–Kier alpha value is 0.930. The van der Waals surface area contributed by atoms with Crippen LogP contribution in [0.5, 0.6) is 0 Å². The molecule has 0 radical (unpaired) electrons. The average molecular weight is 183 g/mol. The fraction of sp³-hybridized carbons (Fsp3) is 1.00. The molecule has 1 saturated heterocycles. The Labute approximate surface area is 69.3 Å². The zero-order valence-corrected chi connectivity index (χ0v) is 7.27. The first-order valence-corrected chi connectivity index (χ1v) is 5.03. The summed E-state index contributed by atoms with van der Waals surface area (Å²) < 4.78 is -0.346. The molecule has 0 bridgehead atoms. The third kappa shape index (κ3) is 0.892. The number of alkyl halides is 2. The molecule has 0 aromatic carbocycles. The average Bonchev–Trinajstić information content (AvgIpc) is 2.39. The highest BCUT2D eigenvalue weighted by Gasteiger charge is 2.63. The number of halogens is 2. The van der Waals surface area contributed by atoms with Gasteiger partial charge < -0.3 is 0 Å². The van der Waals surface area contributed by atoms with E-state index in [1.54, 1.807) is 0 Å². The molecular weight excluding hydrogens is 175 g/mol. The fourth-order valence-electron chi connectivity index (χ4n) is 1.44. The first-order valence-electron chi connectivity index (χ1n) is 3.22. The Bertz CT molecular complexity index is 121. The standard InChI is InChI=1S/C6H8Cl2S/c7-6(8)4-2-1-3-9-5(4)6/h4-5H,1-3H2. The zero-order chi connectivity index (χ0) is 6.48. The second-order valence-electron chi connectivity index (χ2n) is 2.71. The van der Waals surface area contributed by atoms with E-state index in [0.29, 0.717) is 11.2 Å². The van der Waals surface area contributed by atoms with Crippen LogP contribution in [0, 0.1) is 5.92 Å². The molecule has 0 N–H and O–H groups in total. The largest absolute Gasteiger partial charge is 0.155 e. The lowest BCUT2D eigenvalue weighted by atomic mass is 10.2. The van der Waals surface area contributed by atoms with Crippen molar-refractivity contribution in [3.63, 3.8) is 0 Å². The molecule has 0 aromatic heterocycles. The van der Waals surface area contributed by atoms with Crippen molar-refractivity contribution in [2.45, 2.75) is 22.4 Å². The van der Waals surface area contributed by atoms with E-state index in [4.69, 9.17) is 23.2 Å². The van der Waals surface area contributed by atoms with Crippen LogP contribution in [0.15, 0.2) is 0 Å². The van der Waals surface area contributed by atoms with E-state index in [0.717, 1.165) is 0 Å². The Balaban J connectivity index is 2.06. The van der Waals surface area contributed by atoms with Gasteiger partial charge in [-0.3, -0.25) is 0 Å². The summed E-state index contributed by atoms with van der Waals surface area (Å²) in [7, 11) is 0. The summed E-state index contributed by atoms with van der Waals surface area (Å²) in [6.07, 6.45) is 2.54. The van der Waals surface area contributed by atoms with Gasteiger partial charge in [0.15, 0.2) is 0 Å². The van der Waals surface area contributed by atoms with Gasteiger partial charge in [-0.25, -0.2) is 0 Å². The molecule has 0 aromatic rings. The van der Waals surface area contributed by atoms with Crippen molar-refractivity contribution in [1.82, 2.24) is 0 Å². The van der Waals surface area contributed by atoms with E-state index in [2.05, 4.69) is 0 Å². The van der Waals surface area contributed by atoms with Crippen molar-refractivity contribution in [2.24, 2.45) is 5.92 Å². The predicted octanol–water partition coefficient (Wildman–Crippen LogP) is 2.69. The zero-order valence-electron chi connectivity index (χ0n) is 4.94. The molecule has 9 heavy (non-hydrogen) atoms. The smallest absolute Gasteiger partial charge is 0.134 e. The summed E-state index contributed by atoms with van der Waals surface area (Å²) in [6.45, 7) is 0. The second kappa shape index (κ2) is 1.96. The second-order valence-corrected chi connectivity index (χ2v) is 5.41. The maximum atomic E-state index is 5.96. The molecule has 2 aliphatic rings. The number of hydrogen-bond acceptors (Lipinski definition) is 1. The van der Waals surface area contributed by atoms with E-state index in [1.807, 2.05) is 11.8 Å². The quantitative estimate of drug-likeness (QED) is 0.520. The monoisotopic (exact) mass is 182 g/mol. The van der Waals surface area contributed by atoms with Crippen molar-refractivity contribution < 1.29 is 0 Å². The molecule has 3 heteroatoms. The van der Waals surface area contributed by atoms with Crippen LogP contribution in [-0.4, -0.2) is 15.3 Å². The lowest BCUT2D eigenvalue weighted by molar-refractivity contribution is 0.696. The molecule has 0 amide bonds. The topological polar surface area (TPSA) is 0 Å². The first-order chi connectivity index (χ1) is 4.23. The van der Waals surface area contributed by atoms with Gasteiger partial charge in [0.2, 0.25) is 0 Å². The van der Waals surface area contributed by atoms with Crippen molar-refractivity contribution >= 4 is 35.0 Å². The molecule has 1 aliphatic carbocycles. The number of hydrogen-bond donors (Lipinski definition) is 0. The number of fused-ring (bicyclic) bond motifs is 1. The van der Waals surface area contributed by atoms with Crippen LogP contribution in [0.2, 0.25) is 0 Å². The van der Waals surface area contributed by atoms with Crippen LogP contribution < -0.4 is 0 Å². The van der Waals surface area contributed by atoms with Crippen LogP contribution in [0.1, 0.15) is 12.8 Å². The highest BCUT2D eigenvalue weighted by molar-refractivity contribution is 8.00. The maximum absolute atomic E-state index is 5.96. The van der Waals surface area contributed by atoms with E-state index >= 15 is 0 Å². The summed E-state index contributed by atoms with van der Waals surface area (Å²) in [5.74, 6) is 1.86. The van der Waals surface area contributed by atoms with Crippen LogP contribution in [-0.2, 0) is 0 Å². The van der Waals surface area contributed by atoms with Crippen LogP contribution in [0.4, 0.5) is 0 Å². The molecular formula is C6H8Cl2S. The predicted molar refractivity (Wildman–Crippen MR) is 43.4 cm³/mol. The van der Waals surface area contributed by atoms with E-state index in [1.165, 1.54) is 18.6 Å². The molecule has 1 heterocycles. The van der Waals surface area contributed by atoms with Crippen LogP contribution in [0.3, 0.4) is 0 Å². The molecule has 1 saturated carbocycles. The van der Waals surface area contributed by atoms with Gasteiger partial charge in [0, 0.05) is 11.2 Å². The van der Waals surface area contributed by atoms with Crippen LogP contribution in [0.25, 0.3) is 0 Å². The van der Waals surface area contributed by atoms with Gasteiger partial charge in [0.1, 0.15) is 4.33 Å². The normalized spacial score (nSPS) is 46.0. The molecule has 2 fully saturated rings. The summed E-state index contributed by atoms with van der Waals surface area (Å²) in [6, 6.07) is 0. The minimum absolute atomic E-state index is 0.346.